The largest absolute Gasteiger partial charge is 0.463 e. The fourth-order valence-corrected chi connectivity index (χ4v) is 2.81. The predicted octanol–water partition coefficient (Wildman–Crippen LogP) is 0.407. The van der Waals surface area contributed by atoms with Crippen molar-refractivity contribution in [2.24, 2.45) is 0 Å². The molecule has 0 fully saturated rings. The van der Waals surface area contributed by atoms with Crippen LogP contribution in [-0.4, -0.2) is 57.7 Å². The van der Waals surface area contributed by atoms with E-state index >= 15 is 0 Å². The van der Waals surface area contributed by atoms with Crippen LogP contribution in [0.15, 0.2) is 0 Å². The van der Waals surface area contributed by atoms with Crippen LogP contribution in [0.2, 0.25) is 0 Å². The number of ether oxygens (including phenoxy) is 2. The van der Waals surface area contributed by atoms with Crippen LogP contribution in [-0.2, 0) is 38.3 Å². The first kappa shape index (κ1) is 22.1. The molecule has 0 saturated heterocycles. The van der Waals surface area contributed by atoms with E-state index in [9.17, 15) is 18.0 Å². The third kappa shape index (κ3) is 14.4. The van der Waals surface area contributed by atoms with Gasteiger partial charge in [-0.05, 0) is 27.2 Å². The van der Waals surface area contributed by atoms with Gasteiger partial charge in [-0.1, -0.05) is 0 Å². The van der Waals surface area contributed by atoms with Crippen molar-refractivity contribution in [3.05, 3.63) is 0 Å². The van der Waals surface area contributed by atoms with Crippen LogP contribution in [0.4, 0.5) is 0 Å². The molecule has 0 bridgehead atoms. The molecule has 11 heteroatoms. The molecule has 0 radical (unpaired) electrons. The Morgan fingerprint density at radius 3 is 2.48 bits per heavy atom. The van der Waals surface area contributed by atoms with Gasteiger partial charge in [0.1, 0.15) is 6.54 Å². The minimum Gasteiger partial charge on any atom is -0.463 e. The number of sulfonamides is 1. The summed E-state index contributed by atoms with van der Waals surface area (Å²) in [4.78, 5) is 27.1. The average Bonchev–Trinajstić information content (AvgIpc) is 2.46. The highest BCUT2D eigenvalue weighted by atomic mass is 32.2. The molecule has 0 saturated carbocycles. The lowest BCUT2D eigenvalue weighted by Crippen LogP contribution is -2.33. The van der Waals surface area contributed by atoms with Crippen molar-refractivity contribution in [2.75, 3.05) is 31.3 Å². The van der Waals surface area contributed by atoms with E-state index in [2.05, 4.69) is 14.2 Å². The summed E-state index contributed by atoms with van der Waals surface area (Å²) in [5.74, 6) is -1.30. The molecular weight excluding hydrogens is 350 g/mol. The first-order valence-corrected chi connectivity index (χ1v) is 9.56. The van der Waals surface area contributed by atoms with E-state index in [-0.39, 0.29) is 18.5 Å². The van der Waals surface area contributed by atoms with Gasteiger partial charge in [-0.3, -0.25) is 4.79 Å². The van der Waals surface area contributed by atoms with Gasteiger partial charge in [-0.25, -0.2) is 22.8 Å². The van der Waals surface area contributed by atoms with E-state index in [0.29, 0.717) is 12.2 Å². The standard InChI is InChI=1S/C12H23NO8S2/c1-4-18-12(15)9-19-11(14)8-13-23(16,17)7-5-6-22-21-20-10(2)3/h10,13H,4-9H2,1-3H3. The molecule has 1 N–H and O–H groups in total. The monoisotopic (exact) mass is 373 g/mol. The second kappa shape index (κ2) is 12.5. The molecule has 136 valence electrons. The highest BCUT2D eigenvalue weighted by Crippen LogP contribution is 2.07. The van der Waals surface area contributed by atoms with Crippen molar-refractivity contribution in [3.8, 4) is 0 Å². The minimum atomic E-state index is -3.61. The van der Waals surface area contributed by atoms with Gasteiger partial charge in [0.15, 0.2) is 6.61 Å². The molecular formula is C12H23NO8S2. The van der Waals surface area contributed by atoms with E-state index in [1.54, 1.807) is 20.8 Å². The molecule has 0 unspecified atom stereocenters. The van der Waals surface area contributed by atoms with E-state index in [4.69, 9.17) is 9.22 Å². The average molecular weight is 373 g/mol. The van der Waals surface area contributed by atoms with E-state index < -0.39 is 35.1 Å². The van der Waals surface area contributed by atoms with Crippen LogP contribution in [0.1, 0.15) is 27.2 Å². The lowest BCUT2D eigenvalue weighted by molar-refractivity contribution is -0.220. The molecule has 23 heavy (non-hydrogen) atoms. The molecule has 9 nitrogen and oxygen atoms in total. The summed E-state index contributed by atoms with van der Waals surface area (Å²) in [6.07, 6.45) is 0.243. The van der Waals surface area contributed by atoms with Crippen LogP contribution in [0, 0.1) is 0 Å². The second-order valence-corrected chi connectivity index (χ2v) is 7.20. The predicted molar refractivity (Wildman–Crippen MR) is 83.8 cm³/mol. The summed E-state index contributed by atoms with van der Waals surface area (Å²) in [7, 11) is -3.61. The highest BCUT2D eigenvalue weighted by molar-refractivity contribution is 7.94. The molecule has 0 aromatic heterocycles. The molecule has 0 spiro atoms. The smallest absolute Gasteiger partial charge is 0.344 e. The van der Waals surface area contributed by atoms with Gasteiger partial charge in [0, 0.05) is 17.8 Å². The zero-order chi connectivity index (χ0) is 17.7. The van der Waals surface area contributed by atoms with Crippen LogP contribution in [0.3, 0.4) is 0 Å². The zero-order valence-corrected chi connectivity index (χ0v) is 15.0. The Balaban J connectivity index is 3.78. The van der Waals surface area contributed by atoms with E-state index in [1.165, 1.54) is 0 Å². The molecule has 0 atom stereocenters. The number of nitrogens with one attached hydrogen (secondary N) is 1. The van der Waals surface area contributed by atoms with Crippen LogP contribution < -0.4 is 4.72 Å². The van der Waals surface area contributed by atoms with Crippen molar-refractivity contribution in [1.82, 2.24) is 4.72 Å². The maximum Gasteiger partial charge on any atom is 0.344 e. The Bertz CT molecular complexity index is 452. The summed E-state index contributed by atoms with van der Waals surface area (Å²) < 4.78 is 39.2. The van der Waals surface area contributed by atoms with Crippen molar-refractivity contribution in [3.63, 3.8) is 0 Å². The number of hydrogen-bond donors (Lipinski definition) is 1. The third-order valence-electron chi connectivity index (χ3n) is 2.01. The lowest BCUT2D eigenvalue weighted by atomic mass is 10.5. The zero-order valence-electron chi connectivity index (χ0n) is 13.4. The number of hydrogen-bond acceptors (Lipinski definition) is 9. The fourth-order valence-electron chi connectivity index (χ4n) is 1.08. The minimum absolute atomic E-state index is 0.0754. The van der Waals surface area contributed by atoms with Crippen molar-refractivity contribution >= 4 is 34.0 Å². The maximum atomic E-state index is 11.6. The molecule has 0 aromatic carbocycles. The second-order valence-electron chi connectivity index (χ2n) is 4.49. The molecule has 0 aliphatic carbocycles. The third-order valence-corrected chi connectivity index (χ3v) is 4.05. The van der Waals surface area contributed by atoms with Crippen molar-refractivity contribution < 1.29 is 36.7 Å². The molecule has 0 aliphatic rings. The highest BCUT2D eigenvalue weighted by Gasteiger charge is 2.14. The van der Waals surface area contributed by atoms with Crippen LogP contribution in [0.5, 0.6) is 0 Å². The molecule has 0 amide bonds. The summed E-state index contributed by atoms with van der Waals surface area (Å²) in [6, 6.07) is 0. The Hall–Kier alpha value is -0.880. The number of carbonyl (C=O) groups is 2. The summed E-state index contributed by atoms with van der Waals surface area (Å²) >= 11 is 1.01. The summed E-state index contributed by atoms with van der Waals surface area (Å²) in [6.45, 7) is 4.31. The number of rotatable bonds is 13. The molecule has 0 aromatic rings. The lowest BCUT2D eigenvalue weighted by Gasteiger charge is -2.07. The fraction of sp³-hybridized carbons (Fsp3) is 0.833. The van der Waals surface area contributed by atoms with Crippen LogP contribution in [0.25, 0.3) is 0 Å². The first-order valence-electron chi connectivity index (χ1n) is 7.00. The van der Waals surface area contributed by atoms with Crippen molar-refractivity contribution in [1.29, 1.82) is 0 Å². The maximum absolute atomic E-state index is 11.6. The van der Waals surface area contributed by atoms with Gasteiger partial charge >= 0.3 is 11.9 Å². The quantitative estimate of drug-likeness (QED) is 0.161. The van der Waals surface area contributed by atoms with Crippen LogP contribution >= 0.6 is 12.0 Å². The Kier molecular flexibility index (Phi) is 12.1. The van der Waals surface area contributed by atoms with Gasteiger partial charge in [-0.2, -0.15) is 4.33 Å². The first-order chi connectivity index (χ1) is 10.8. The Morgan fingerprint density at radius 1 is 1.17 bits per heavy atom. The summed E-state index contributed by atoms with van der Waals surface area (Å²) in [5, 5.41) is 0. The molecule has 0 aliphatic heterocycles. The van der Waals surface area contributed by atoms with E-state index in [0.717, 1.165) is 12.0 Å². The van der Waals surface area contributed by atoms with Gasteiger partial charge < -0.3 is 9.47 Å². The Morgan fingerprint density at radius 2 is 1.87 bits per heavy atom. The Labute approximate surface area is 140 Å². The molecule has 0 heterocycles. The van der Waals surface area contributed by atoms with Gasteiger partial charge in [0.25, 0.3) is 0 Å². The van der Waals surface area contributed by atoms with Gasteiger partial charge in [-0.15, -0.1) is 0 Å². The number of esters is 2. The van der Waals surface area contributed by atoms with Gasteiger partial charge in [0.2, 0.25) is 10.0 Å². The number of carbonyl (C=O) groups excluding carboxylic acids is 2. The summed E-state index contributed by atoms with van der Waals surface area (Å²) in [5.41, 5.74) is 0. The SMILES string of the molecule is CCOC(=O)COC(=O)CNS(=O)(=O)CCCSOOC(C)C. The van der Waals surface area contributed by atoms with Crippen molar-refractivity contribution in [2.45, 2.75) is 33.3 Å². The van der Waals surface area contributed by atoms with E-state index in [1.807, 2.05) is 0 Å². The molecule has 0 rings (SSSR count). The normalized spacial score (nSPS) is 11.5. The van der Waals surface area contributed by atoms with Gasteiger partial charge in [0.05, 0.1) is 18.5 Å². The topological polar surface area (TPSA) is 117 Å².